The molecule has 10 nitrogen and oxygen atoms in total. The molecule has 27 heavy (non-hydrogen) atoms. The van der Waals surface area contributed by atoms with Gasteiger partial charge in [-0.05, 0) is 34.7 Å². The Labute approximate surface area is 157 Å². The Morgan fingerprint density at radius 2 is 2.07 bits per heavy atom. The van der Waals surface area contributed by atoms with E-state index >= 15 is 0 Å². The first kappa shape index (κ1) is 17.2. The van der Waals surface area contributed by atoms with Gasteiger partial charge in [0.05, 0.1) is 12.6 Å². The predicted molar refractivity (Wildman–Crippen MR) is 98.9 cm³/mol. The summed E-state index contributed by atoms with van der Waals surface area (Å²) >= 11 is 1.25. The van der Waals surface area contributed by atoms with Crippen LogP contribution in [0.2, 0.25) is 0 Å². The number of hydrogen-bond acceptors (Lipinski definition) is 8. The number of rotatable bonds is 2. The maximum atomic E-state index is 12.1. The summed E-state index contributed by atoms with van der Waals surface area (Å²) in [6, 6.07) is 7.47. The number of fused-ring (bicyclic) bond motifs is 3. The van der Waals surface area contributed by atoms with Crippen LogP contribution in [-0.2, 0) is 9.59 Å². The first-order chi connectivity index (χ1) is 13.0. The second-order valence-electron chi connectivity index (χ2n) is 5.86. The van der Waals surface area contributed by atoms with Crippen molar-refractivity contribution in [1.29, 1.82) is 0 Å². The van der Waals surface area contributed by atoms with Crippen LogP contribution in [0.15, 0.2) is 29.4 Å². The van der Waals surface area contributed by atoms with Crippen molar-refractivity contribution in [3.8, 4) is 5.75 Å². The highest BCUT2D eigenvalue weighted by Gasteiger charge is 2.34. The monoisotopic (exact) mass is 385 g/mol. The van der Waals surface area contributed by atoms with E-state index in [2.05, 4.69) is 25.9 Å². The number of thioether (sulfide) groups is 1. The van der Waals surface area contributed by atoms with Crippen molar-refractivity contribution in [3.05, 3.63) is 29.8 Å². The molecule has 4 rings (SSSR count). The first-order valence-corrected chi connectivity index (χ1v) is 8.87. The number of amides is 2. The molecule has 1 aliphatic rings. The zero-order valence-corrected chi connectivity index (χ0v) is 15.5. The van der Waals surface area contributed by atoms with E-state index in [4.69, 9.17) is 4.74 Å². The lowest BCUT2D eigenvalue weighted by atomic mass is 10.1. The topological polar surface area (TPSA) is 114 Å². The number of pyridine rings is 1. The Morgan fingerprint density at radius 3 is 2.78 bits per heavy atom. The van der Waals surface area contributed by atoms with Gasteiger partial charge >= 0.3 is 0 Å². The van der Waals surface area contributed by atoms with Crippen LogP contribution in [0.25, 0.3) is 16.6 Å². The van der Waals surface area contributed by atoms with E-state index in [1.807, 2.05) is 24.3 Å². The number of carbonyl (C=O) groups is 2. The molecule has 0 saturated carbocycles. The molecule has 138 valence electrons. The number of nitrogens with zero attached hydrogens (tertiary/aromatic N) is 6. The molecule has 2 amide bonds. The van der Waals surface area contributed by atoms with Crippen molar-refractivity contribution in [2.75, 3.05) is 7.11 Å². The maximum absolute atomic E-state index is 12.1. The molecule has 3 heterocycles. The molecule has 0 fully saturated rings. The number of tetrazole rings is 1. The quantitative estimate of drug-likeness (QED) is 0.707. The summed E-state index contributed by atoms with van der Waals surface area (Å²) in [7, 11) is 1.59. The van der Waals surface area contributed by atoms with E-state index in [9.17, 15) is 9.59 Å². The Kier molecular flexibility index (Phi) is 4.15. The number of methoxy groups -OCH3 is 1. The summed E-state index contributed by atoms with van der Waals surface area (Å²) in [5.41, 5.74) is 2.01. The molecule has 2 aromatic heterocycles. The second-order valence-corrected chi connectivity index (χ2v) is 6.93. The van der Waals surface area contributed by atoms with Crippen LogP contribution in [0.4, 0.5) is 0 Å². The summed E-state index contributed by atoms with van der Waals surface area (Å²) in [5, 5.41) is 20.8. The maximum Gasteiger partial charge on any atom is 0.241 e. The Morgan fingerprint density at radius 1 is 1.26 bits per heavy atom. The Balaban J connectivity index is 1.87. The Bertz CT molecular complexity index is 1110. The number of ether oxygens (including phenoxy) is 1. The molecular formula is C16H15N7O3S. The molecule has 0 bridgehead atoms. The average Bonchev–Trinajstić information content (AvgIpc) is 3.27. The van der Waals surface area contributed by atoms with Crippen molar-refractivity contribution in [3.63, 3.8) is 0 Å². The van der Waals surface area contributed by atoms with E-state index in [-0.39, 0.29) is 11.8 Å². The Hall–Kier alpha value is -3.21. The largest absolute Gasteiger partial charge is 0.497 e. The lowest BCUT2D eigenvalue weighted by molar-refractivity contribution is -0.129. The summed E-state index contributed by atoms with van der Waals surface area (Å²) in [6.45, 7) is 2.80. The van der Waals surface area contributed by atoms with Crippen LogP contribution in [0, 0.1) is 0 Å². The summed E-state index contributed by atoms with van der Waals surface area (Å²) in [5.74, 6) is 0.172. The van der Waals surface area contributed by atoms with Gasteiger partial charge in [-0.1, -0.05) is 11.8 Å². The fourth-order valence-corrected chi connectivity index (χ4v) is 4.02. The molecule has 0 spiro atoms. The predicted octanol–water partition coefficient (Wildman–Crippen LogP) is 1.29. The highest BCUT2D eigenvalue weighted by molar-refractivity contribution is 8.14. The van der Waals surface area contributed by atoms with Gasteiger partial charge in [0.15, 0.2) is 10.8 Å². The number of aromatic nitrogens is 4. The highest BCUT2D eigenvalue weighted by atomic mass is 32.2. The minimum atomic E-state index is -0.506. The smallest absolute Gasteiger partial charge is 0.241 e. The standard InChI is InChI=1S/C16H15N7O3S/c1-8(24)17-16-19-22(9(2)25)15(27-16)12-7-10-6-11(26-3)4-5-13(10)23-14(12)18-20-21-23/h4-7,15H,1-3H3,(H,17,19,24). The van der Waals surface area contributed by atoms with Crippen LogP contribution < -0.4 is 10.1 Å². The molecule has 0 radical (unpaired) electrons. The molecule has 3 aromatic rings. The molecule has 0 aliphatic carbocycles. The number of hydrogen-bond donors (Lipinski definition) is 1. The third-order valence-electron chi connectivity index (χ3n) is 4.02. The fourth-order valence-electron chi connectivity index (χ4n) is 2.88. The van der Waals surface area contributed by atoms with Gasteiger partial charge in [-0.15, -0.1) is 10.2 Å². The molecular weight excluding hydrogens is 370 g/mol. The van der Waals surface area contributed by atoms with E-state index in [0.717, 1.165) is 10.9 Å². The van der Waals surface area contributed by atoms with Gasteiger partial charge < -0.3 is 10.1 Å². The first-order valence-electron chi connectivity index (χ1n) is 7.99. The van der Waals surface area contributed by atoms with Crippen molar-refractivity contribution in [2.45, 2.75) is 19.2 Å². The zero-order chi connectivity index (χ0) is 19.1. The fraction of sp³-hybridized carbons (Fsp3) is 0.250. The number of carbonyl (C=O) groups excluding carboxylic acids is 2. The van der Waals surface area contributed by atoms with E-state index in [1.54, 1.807) is 11.6 Å². The SMILES string of the molecule is COc1ccc2c(c1)cc(C1SC(NC(C)=O)=NN1C(C)=O)c1nnnn12. The summed E-state index contributed by atoms with van der Waals surface area (Å²) in [6.07, 6.45) is 0. The van der Waals surface area contributed by atoms with Crippen LogP contribution in [0.5, 0.6) is 5.75 Å². The van der Waals surface area contributed by atoms with Gasteiger partial charge in [0.2, 0.25) is 11.8 Å². The number of amidine groups is 1. The average molecular weight is 385 g/mol. The molecule has 1 aliphatic heterocycles. The zero-order valence-electron chi connectivity index (χ0n) is 14.7. The summed E-state index contributed by atoms with van der Waals surface area (Å²) in [4.78, 5) is 23.5. The molecule has 1 N–H and O–H groups in total. The molecule has 1 aromatic carbocycles. The number of benzene rings is 1. The van der Waals surface area contributed by atoms with Crippen LogP contribution in [0.3, 0.4) is 0 Å². The van der Waals surface area contributed by atoms with E-state index < -0.39 is 5.37 Å². The van der Waals surface area contributed by atoms with Crippen LogP contribution >= 0.6 is 11.8 Å². The van der Waals surface area contributed by atoms with Gasteiger partial charge in [-0.25, -0.2) is 5.01 Å². The van der Waals surface area contributed by atoms with Crippen molar-refractivity contribution >= 4 is 45.3 Å². The highest BCUT2D eigenvalue weighted by Crippen LogP contribution is 2.41. The van der Waals surface area contributed by atoms with Crippen molar-refractivity contribution < 1.29 is 14.3 Å². The normalized spacial score (nSPS) is 16.6. The van der Waals surface area contributed by atoms with Crippen molar-refractivity contribution in [1.82, 2.24) is 30.4 Å². The van der Waals surface area contributed by atoms with Gasteiger partial charge in [0.25, 0.3) is 0 Å². The third kappa shape index (κ3) is 2.95. The second kappa shape index (κ2) is 6.50. The number of hydrazone groups is 1. The molecule has 0 saturated heterocycles. The number of nitrogens with one attached hydrogen (secondary N) is 1. The van der Waals surface area contributed by atoms with Crippen LogP contribution in [-0.4, -0.2) is 49.1 Å². The summed E-state index contributed by atoms with van der Waals surface area (Å²) < 4.78 is 6.91. The van der Waals surface area contributed by atoms with E-state index in [1.165, 1.54) is 30.6 Å². The minimum Gasteiger partial charge on any atom is -0.497 e. The van der Waals surface area contributed by atoms with Gasteiger partial charge in [-0.2, -0.15) is 4.52 Å². The van der Waals surface area contributed by atoms with E-state index in [0.29, 0.717) is 22.1 Å². The van der Waals surface area contributed by atoms with Gasteiger partial charge in [-0.3, -0.25) is 9.59 Å². The third-order valence-corrected chi connectivity index (χ3v) is 5.10. The lowest BCUT2D eigenvalue weighted by Crippen LogP contribution is -2.25. The molecule has 1 unspecified atom stereocenters. The van der Waals surface area contributed by atoms with Gasteiger partial charge in [0, 0.05) is 24.8 Å². The minimum absolute atomic E-state index is 0.260. The van der Waals surface area contributed by atoms with Gasteiger partial charge in [0.1, 0.15) is 11.1 Å². The van der Waals surface area contributed by atoms with Crippen LogP contribution in [0.1, 0.15) is 24.8 Å². The molecule has 11 heteroatoms. The molecule has 1 atom stereocenters. The lowest BCUT2D eigenvalue weighted by Gasteiger charge is -2.20. The van der Waals surface area contributed by atoms with Crippen molar-refractivity contribution in [2.24, 2.45) is 5.10 Å².